The fourth-order valence-electron chi connectivity index (χ4n) is 2.38. The van der Waals surface area contributed by atoms with Crippen molar-refractivity contribution in [2.45, 2.75) is 32.3 Å². The normalized spacial score (nSPS) is 19.1. The van der Waals surface area contributed by atoms with Crippen LogP contribution in [0, 0.1) is 0 Å². The molecule has 0 aromatic carbocycles. The molecule has 1 N–H and O–H groups in total. The number of piperidine rings is 1. The second-order valence-electron chi connectivity index (χ2n) is 4.89. The molecule has 1 aliphatic rings. The first-order valence-electron chi connectivity index (χ1n) is 6.88. The van der Waals surface area contributed by atoms with E-state index < -0.39 is 5.97 Å². The highest BCUT2D eigenvalue weighted by molar-refractivity contribution is 6.29. The number of carbonyl (C=O) groups is 1. The predicted octanol–water partition coefficient (Wildman–Crippen LogP) is 2.83. The van der Waals surface area contributed by atoms with E-state index in [0.29, 0.717) is 17.5 Å². The lowest BCUT2D eigenvalue weighted by atomic mass is 10.1. The molecule has 5 nitrogen and oxygen atoms in total. The molecule has 6 heteroatoms. The standard InChI is InChI=1S/C14H19ClN2O3/c1-2-8-20-10-4-3-7-17(9-10)13-11(14(18)19)5-6-12(15)16-13/h5-6,10H,2-4,7-9H2,1H3,(H,18,19). The van der Waals surface area contributed by atoms with E-state index in [9.17, 15) is 9.90 Å². The van der Waals surface area contributed by atoms with Gasteiger partial charge in [0.2, 0.25) is 0 Å². The zero-order chi connectivity index (χ0) is 14.5. The number of rotatable bonds is 5. The number of hydrogen-bond acceptors (Lipinski definition) is 4. The van der Waals surface area contributed by atoms with Crippen LogP contribution >= 0.6 is 11.6 Å². The lowest BCUT2D eigenvalue weighted by molar-refractivity contribution is 0.0437. The van der Waals surface area contributed by atoms with Crippen LogP contribution in [0.15, 0.2) is 12.1 Å². The fourth-order valence-corrected chi connectivity index (χ4v) is 2.53. The van der Waals surface area contributed by atoms with Crippen LogP contribution in [0.2, 0.25) is 5.15 Å². The van der Waals surface area contributed by atoms with E-state index in [-0.39, 0.29) is 11.7 Å². The number of aromatic nitrogens is 1. The monoisotopic (exact) mass is 298 g/mol. The van der Waals surface area contributed by atoms with Crippen molar-refractivity contribution in [3.05, 3.63) is 22.8 Å². The van der Waals surface area contributed by atoms with E-state index >= 15 is 0 Å². The van der Waals surface area contributed by atoms with Gasteiger partial charge in [-0.15, -0.1) is 0 Å². The molecule has 20 heavy (non-hydrogen) atoms. The van der Waals surface area contributed by atoms with Crippen molar-refractivity contribution in [1.29, 1.82) is 0 Å². The van der Waals surface area contributed by atoms with Gasteiger partial charge in [-0.3, -0.25) is 0 Å². The molecule has 1 unspecified atom stereocenters. The van der Waals surface area contributed by atoms with Gasteiger partial charge in [-0.05, 0) is 31.4 Å². The van der Waals surface area contributed by atoms with E-state index in [1.165, 1.54) is 12.1 Å². The Hall–Kier alpha value is -1.33. The number of pyridine rings is 1. The van der Waals surface area contributed by atoms with E-state index in [1.807, 2.05) is 4.90 Å². The molecule has 1 atom stereocenters. The van der Waals surface area contributed by atoms with Gasteiger partial charge in [0, 0.05) is 19.7 Å². The fraction of sp³-hybridized carbons (Fsp3) is 0.571. The minimum Gasteiger partial charge on any atom is -0.478 e. The summed E-state index contributed by atoms with van der Waals surface area (Å²) in [5.41, 5.74) is 0.186. The molecule has 110 valence electrons. The third-order valence-electron chi connectivity index (χ3n) is 3.31. The summed E-state index contributed by atoms with van der Waals surface area (Å²) in [4.78, 5) is 17.4. The molecular formula is C14H19ClN2O3. The maximum absolute atomic E-state index is 11.3. The van der Waals surface area contributed by atoms with Crippen molar-refractivity contribution in [1.82, 2.24) is 4.98 Å². The van der Waals surface area contributed by atoms with Crippen LogP contribution in [0.25, 0.3) is 0 Å². The van der Waals surface area contributed by atoms with Crippen LogP contribution in [-0.2, 0) is 4.74 Å². The third-order valence-corrected chi connectivity index (χ3v) is 3.52. The summed E-state index contributed by atoms with van der Waals surface area (Å²) in [5, 5.41) is 9.56. The van der Waals surface area contributed by atoms with Gasteiger partial charge in [0.1, 0.15) is 16.5 Å². The van der Waals surface area contributed by atoms with Crippen LogP contribution in [0.5, 0.6) is 0 Å². The summed E-state index contributed by atoms with van der Waals surface area (Å²) in [6.07, 6.45) is 3.07. The summed E-state index contributed by atoms with van der Waals surface area (Å²) >= 11 is 5.90. The summed E-state index contributed by atoms with van der Waals surface area (Å²) in [5.74, 6) is -0.546. The quantitative estimate of drug-likeness (QED) is 0.847. The highest BCUT2D eigenvalue weighted by Gasteiger charge is 2.25. The zero-order valence-corrected chi connectivity index (χ0v) is 12.3. The van der Waals surface area contributed by atoms with Gasteiger partial charge in [0.15, 0.2) is 0 Å². The van der Waals surface area contributed by atoms with Crippen LogP contribution in [-0.4, -0.2) is 41.9 Å². The Labute approximate surface area is 123 Å². The number of nitrogens with zero attached hydrogens (tertiary/aromatic N) is 2. The maximum Gasteiger partial charge on any atom is 0.339 e. The van der Waals surface area contributed by atoms with Crippen molar-refractivity contribution in [2.24, 2.45) is 0 Å². The predicted molar refractivity (Wildman–Crippen MR) is 77.7 cm³/mol. The molecule has 1 aliphatic heterocycles. The molecule has 0 spiro atoms. The van der Waals surface area contributed by atoms with E-state index in [0.717, 1.165) is 32.4 Å². The van der Waals surface area contributed by atoms with Crippen LogP contribution in [0.1, 0.15) is 36.5 Å². The molecule has 0 amide bonds. The smallest absolute Gasteiger partial charge is 0.339 e. The van der Waals surface area contributed by atoms with E-state index in [1.54, 1.807) is 0 Å². The van der Waals surface area contributed by atoms with Gasteiger partial charge < -0.3 is 14.7 Å². The highest BCUT2D eigenvalue weighted by atomic mass is 35.5. The molecule has 0 aliphatic carbocycles. The number of halogens is 1. The SMILES string of the molecule is CCCOC1CCCN(c2nc(Cl)ccc2C(=O)O)C1. The number of hydrogen-bond donors (Lipinski definition) is 1. The molecule has 1 aromatic rings. The van der Waals surface area contributed by atoms with E-state index in [4.69, 9.17) is 16.3 Å². The first-order valence-corrected chi connectivity index (χ1v) is 7.26. The van der Waals surface area contributed by atoms with Gasteiger partial charge in [-0.2, -0.15) is 0 Å². The molecule has 1 fully saturated rings. The molecule has 2 rings (SSSR count). The number of anilines is 1. The Morgan fingerprint density at radius 2 is 2.40 bits per heavy atom. The minimum absolute atomic E-state index is 0.131. The topological polar surface area (TPSA) is 62.7 Å². The number of aromatic carboxylic acids is 1. The Kier molecular flexibility index (Phi) is 5.20. The Morgan fingerprint density at radius 3 is 3.10 bits per heavy atom. The second-order valence-corrected chi connectivity index (χ2v) is 5.28. The molecule has 0 saturated carbocycles. The Bertz CT molecular complexity index is 481. The van der Waals surface area contributed by atoms with Gasteiger partial charge in [-0.25, -0.2) is 9.78 Å². The lowest BCUT2D eigenvalue weighted by Gasteiger charge is -2.34. The van der Waals surface area contributed by atoms with Gasteiger partial charge in [0.25, 0.3) is 0 Å². The summed E-state index contributed by atoms with van der Waals surface area (Å²) < 4.78 is 5.76. The molecular weight excluding hydrogens is 280 g/mol. The molecule has 0 radical (unpaired) electrons. The molecule has 0 bridgehead atoms. The minimum atomic E-state index is -0.985. The van der Waals surface area contributed by atoms with Crippen molar-refractivity contribution >= 4 is 23.4 Å². The molecule has 2 heterocycles. The van der Waals surface area contributed by atoms with Gasteiger partial charge >= 0.3 is 5.97 Å². The van der Waals surface area contributed by atoms with E-state index in [2.05, 4.69) is 11.9 Å². The molecule has 1 saturated heterocycles. The lowest BCUT2D eigenvalue weighted by Crippen LogP contribution is -2.41. The summed E-state index contributed by atoms with van der Waals surface area (Å²) in [6.45, 7) is 4.24. The maximum atomic E-state index is 11.3. The van der Waals surface area contributed by atoms with Gasteiger partial charge in [-0.1, -0.05) is 18.5 Å². The van der Waals surface area contributed by atoms with Crippen LogP contribution in [0.3, 0.4) is 0 Å². The summed E-state index contributed by atoms with van der Waals surface area (Å²) in [6, 6.07) is 3.01. The van der Waals surface area contributed by atoms with Crippen molar-refractivity contribution in [3.63, 3.8) is 0 Å². The zero-order valence-electron chi connectivity index (χ0n) is 11.5. The third kappa shape index (κ3) is 3.61. The van der Waals surface area contributed by atoms with Crippen molar-refractivity contribution < 1.29 is 14.6 Å². The average molecular weight is 299 g/mol. The number of carboxylic acid groups (broad SMARTS) is 1. The van der Waals surface area contributed by atoms with Crippen LogP contribution < -0.4 is 4.90 Å². The largest absolute Gasteiger partial charge is 0.478 e. The van der Waals surface area contributed by atoms with Crippen molar-refractivity contribution in [3.8, 4) is 0 Å². The Balaban J connectivity index is 2.17. The summed E-state index contributed by atoms with van der Waals surface area (Å²) in [7, 11) is 0. The Morgan fingerprint density at radius 1 is 1.60 bits per heavy atom. The number of carboxylic acids is 1. The van der Waals surface area contributed by atoms with Gasteiger partial charge in [0.05, 0.1) is 6.10 Å². The highest BCUT2D eigenvalue weighted by Crippen LogP contribution is 2.25. The first-order chi connectivity index (χ1) is 9.61. The average Bonchev–Trinajstić information content (AvgIpc) is 2.45. The van der Waals surface area contributed by atoms with Crippen LogP contribution in [0.4, 0.5) is 5.82 Å². The van der Waals surface area contributed by atoms with Crippen molar-refractivity contribution in [2.75, 3.05) is 24.6 Å². The molecule has 1 aromatic heterocycles. The second kappa shape index (κ2) is 6.90. The first kappa shape index (κ1) is 15.1. The number of ether oxygens (including phenoxy) is 1.